The van der Waals surface area contributed by atoms with Crippen molar-refractivity contribution in [2.75, 3.05) is 12.3 Å². The van der Waals surface area contributed by atoms with E-state index in [2.05, 4.69) is 15.0 Å². The smallest absolute Gasteiger partial charge is 0.321 e. The molecule has 1 aromatic carbocycles. The molecule has 0 spiro atoms. The summed E-state index contributed by atoms with van der Waals surface area (Å²) in [6.45, 7) is 4.59. The minimum Gasteiger partial charge on any atom is -0.463 e. The molecule has 0 fully saturated rings. The molecule has 1 heterocycles. The molecule has 0 aliphatic carbocycles. The minimum atomic E-state index is 0.175. The summed E-state index contributed by atoms with van der Waals surface area (Å²) >= 11 is 0. The zero-order valence-corrected chi connectivity index (χ0v) is 10.6. The SMILES string of the molecule is CCCOc1nc(N)nc(-c2ccccc2C)n1. The number of ether oxygens (including phenoxy) is 1. The maximum absolute atomic E-state index is 5.68. The van der Waals surface area contributed by atoms with Gasteiger partial charge in [0.05, 0.1) is 6.61 Å². The van der Waals surface area contributed by atoms with E-state index in [1.54, 1.807) is 0 Å². The molecule has 0 atom stereocenters. The van der Waals surface area contributed by atoms with Gasteiger partial charge in [-0.3, -0.25) is 0 Å². The predicted octanol–water partition coefficient (Wildman–Crippen LogP) is 2.22. The molecule has 0 unspecified atom stereocenters. The first-order valence-electron chi connectivity index (χ1n) is 5.91. The molecule has 0 saturated heterocycles. The molecular weight excluding hydrogens is 228 g/mol. The zero-order valence-electron chi connectivity index (χ0n) is 10.6. The third-order valence-corrected chi connectivity index (χ3v) is 2.45. The van der Waals surface area contributed by atoms with E-state index in [9.17, 15) is 0 Å². The topological polar surface area (TPSA) is 73.9 Å². The molecule has 2 aromatic rings. The van der Waals surface area contributed by atoms with E-state index < -0.39 is 0 Å². The maximum atomic E-state index is 5.68. The summed E-state index contributed by atoms with van der Waals surface area (Å²) in [5.41, 5.74) is 7.70. The summed E-state index contributed by atoms with van der Waals surface area (Å²) in [7, 11) is 0. The lowest BCUT2D eigenvalue weighted by Crippen LogP contribution is -2.06. The highest BCUT2D eigenvalue weighted by atomic mass is 16.5. The van der Waals surface area contributed by atoms with Crippen molar-refractivity contribution < 1.29 is 4.74 Å². The van der Waals surface area contributed by atoms with Crippen molar-refractivity contribution in [1.29, 1.82) is 0 Å². The fraction of sp³-hybridized carbons (Fsp3) is 0.308. The van der Waals surface area contributed by atoms with Crippen molar-refractivity contribution in [3.63, 3.8) is 0 Å². The fourth-order valence-electron chi connectivity index (χ4n) is 1.57. The molecule has 2 N–H and O–H groups in total. The van der Waals surface area contributed by atoms with Crippen molar-refractivity contribution in [3.05, 3.63) is 29.8 Å². The van der Waals surface area contributed by atoms with Crippen LogP contribution in [-0.2, 0) is 0 Å². The monoisotopic (exact) mass is 244 g/mol. The van der Waals surface area contributed by atoms with Crippen LogP contribution in [0.5, 0.6) is 6.01 Å². The highest BCUT2D eigenvalue weighted by Gasteiger charge is 2.09. The van der Waals surface area contributed by atoms with E-state index in [0.717, 1.165) is 17.5 Å². The molecule has 0 saturated carbocycles. The van der Waals surface area contributed by atoms with Crippen LogP contribution in [0.3, 0.4) is 0 Å². The van der Waals surface area contributed by atoms with E-state index in [1.165, 1.54) is 0 Å². The largest absolute Gasteiger partial charge is 0.463 e. The van der Waals surface area contributed by atoms with Gasteiger partial charge in [0, 0.05) is 5.56 Å². The van der Waals surface area contributed by atoms with Gasteiger partial charge in [0.25, 0.3) is 0 Å². The number of hydrogen-bond acceptors (Lipinski definition) is 5. The van der Waals surface area contributed by atoms with Crippen LogP contribution in [0.4, 0.5) is 5.95 Å². The van der Waals surface area contributed by atoms with Gasteiger partial charge in [-0.1, -0.05) is 31.2 Å². The van der Waals surface area contributed by atoms with Gasteiger partial charge in [-0.15, -0.1) is 0 Å². The predicted molar refractivity (Wildman–Crippen MR) is 70.2 cm³/mol. The lowest BCUT2D eigenvalue weighted by Gasteiger charge is -2.07. The standard InChI is InChI=1S/C13H16N4O/c1-3-8-18-13-16-11(15-12(14)17-13)10-7-5-4-6-9(10)2/h4-7H,3,8H2,1-2H3,(H2,14,15,16,17). The number of aromatic nitrogens is 3. The Kier molecular flexibility index (Phi) is 3.72. The van der Waals surface area contributed by atoms with Gasteiger partial charge in [0.2, 0.25) is 5.95 Å². The highest BCUT2D eigenvalue weighted by Crippen LogP contribution is 2.21. The van der Waals surface area contributed by atoms with Crippen LogP contribution in [0, 0.1) is 6.92 Å². The second-order valence-corrected chi connectivity index (χ2v) is 3.96. The third-order valence-electron chi connectivity index (χ3n) is 2.45. The number of hydrogen-bond donors (Lipinski definition) is 1. The number of rotatable bonds is 4. The van der Waals surface area contributed by atoms with Crippen LogP contribution in [-0.4, -0.2) is 21.6 Å². The van der Waals surface area contributed by atoms with E-state index in [-0.39, 0.29) is 12.0 Å². The molecule has 0 radical (unpaired) electrons. The number of nitrogens with zero attached hydrogens (tertiary/aromatic N) is 3. The highest BCUT2D eigenvalue weighted by molar-refractivity contribution is 5.60. The summed E-state index contributed by atoms with van der Waals surface area (Å²) in [6, 6.07) is 8.14. The van der Waals surface area contributed by atoms with Gasteiger partial charge in [-0.2, -0.15) is 15.0 Å². The molecule has 5 nitrogen and oxygen atoms in total. The summed E-state index contributed by atoms with van der Waals surface area (Å²) in [5.74, 6) is 0.723. The van der Waals surface area contributed by atoms with E-state index in [0.29, 0.717) is 12.4 Å². The molecule has 18 heavy (non-hydrogen) atoms. The first-order chi connectivity index (χ1) is 8.70. The summed E-state index contributed by atoms with van der Waals surface area (Å²) < 4.78 is 5.40. The Bertz CT molecular complexity index is 542. The van der Waals surface area contributed by atoms with Gasteiger partial charge >= 0.3 is 6.01 Å². The quantitative estimate of drug-likeness (QED) is 0.892. The Morgan fingerprint density at radius 3 is 2.67 bits per heavy atom. The van der Waals surface area contributed by atoms with Gasteiger partial charge < -0.3 is 10.5 Å². The Morgan fingerprint density at radius 1 is 1.17 bits per heavy atom. The minimum absolute atomic E-state index is 0.175. The molecule has 0 amide bonds. The van der Waals surface area contributed by atoms with Gasteiger partial charge in [-0.05, 0) is 18.9 Å². The number of nitrogens with two attached hydrogens (primary N) is 1. The van der Waals surface area contributed by atoms with Crippen LogP contribution in [0.1, 0.15) is 18.9 Å². The average Bonchev–Trinajstić information content (AvgIpc) is 2.36. The van der Waals surface area contributed by atoms with Gasteiger partial charge in [0.1, 0.15) is 0 Å². The summed E-state index contributed by atoms with van der Waals surface area (Å²) in [4.78, 5) is 12.4. The number of nitrogen functional groups attached to an aromatic ring is 1. The lowest BCUT2D eigenvalue weighted by molar-refractivity contribution is 0.292. The average molecular weight is 244 g/mol. The first kappa shape index (κ1) is 12.3. The molecule has 2 rings (SSSR count). The zero-order chi connectivity index (χ0) is 13.0. The van der Waals surface area contributed by atoms with Crippen LogP contribution in [0.2, 0.25) is 0 Å². The molecule has 5 heteroatoms. The molecule has 94 valence electrons. The summed E-state index contributed by atoms with van der Waals surface area (Å²) in [5, 5.41) is 0. The summed E-state index contributed by atoms with van der Waals surface area (Å²) in [6.07, 6.45) is 0.894. The Morgan fingerprint density at radius 2 is 1.94 bits per heavy atom. The van der Waals surface area contributed by atoms with E-state index in [4.69, 9.17) is 10.5 Å². The molecule has 0 aliphatic rings. The van der Waals surface area contributed by atoms with Crippen molar-refractivity contribution >= 4 is 5.95 Å². The normalized spacial score (nSPS) is 10.3. The maximum Gasteiger partial charge on any atom is 0.321 e. The Hall–Kier alpha value is -2.17. The lowest BCUT2D eigenvalue weighted by atomic mass is 10.1. The van der Waals surface area contributed by atoms with Crippen LogP contribution < -0.4 is 10.5 Å². The van der Waals surface area contributed by atoms with E-state index >= 15 is 0 Å². The number of benzene rings is 1. The fourth-order valence-corrected chi connectivity index (χ4v) is 1.57. The van der Waals surface area contributed by atoms with Crippen molar-refractivity contribution in [2.24, 2.45) is 0 Å². The first-order valence-corrected chi connectivity index (χ1v) is 5.91. The van der Waals surface area contributed by atoms with E-state index in [1.807, 2.05) is 38.1 Å². The van der Waals surface area contributed by atoms with Crippen LogP contribution in [0.25, 0.3) is 11.4 Å². The Balaban J connectivity index is 2.39. The molecular formula is C13H16N4O. The third kappa shape index (κ3) is 2.74. The second-order valence-electron chi connectivity index (χ2n) is 3.96. The molecule has 1 aromatic heterocycles. The second kappa shape index (κ2) is 5.44. The van der Waals surface area contributed by atoms with Crippen LogP contribution in [0.15, 0.2) is 24.3 Å². The van der Waals surface area contributed by atoms with Crippen LogP contribution >= 0.6 is 0 Å². The Labute approximate surface area is 106 Å². The van der Waals surface area contributed by atoms with Crippen molar-refractivity contribution in [3.8, 4) is 17.4 Å². The van der Waals surface area contributed by atoms with Crippen molar-refractivity contribution in [1.82, 2.24) is 15.0 Å². The van der Waals surface area contributed by atoms with Gasteiger partial charge in [0.15, 0.2) is 5.82 Å². The number of anilines is 1. The molecule has 0 aliphatic heterocycles. The molecule has 0 bridgehead atoms. The van der Waals surface area contributed by atoms with Crippen molar-refractivity contribution in [2.45, 2.75) is 20.3 Å². The number of aryl methyl sites for hydroxylation is 1. The van der Waals surface area contributed by atoms with Gasteiger partial charge in [-0.25, -0.2) is 0 Å².